The van der Waals surface area contributed by atoms with E-state index in [1.807, 2.05) is 26.0 Å². The van der Waals surface area contributed by atoms with Crippen LogP contribution in [0, 0.1) is 10.5 Å². The molecule has 0 unspecified atom stereocenters. The molecule has 138 valence electrons. The van der Waals surface area contributed by atoms with Gasteiger partial charge < -0.3 is 4.74 Å². The number of halogens is 1. The zero-order valence-corrected chi connectivity index (χ0v) is 16.9. The Balaban J connectivity index is 2.00. The lowest BCUT2D eigenvalue weighted by Crippen LogP contribution is -2.54. The average Bonchev–Trinajstić information content (AvgIpc) is 2.60. The van der Waals surface area contributed by atoms with Crippen molar-refractivity contribution in [1.82, 2.24) is 5.32 Å². The summed E-state index contributed by atoms with van der Waals surface area (Å²) in [5.74, 6) is -0.735. The van der Waals surface area contributed by atoms with Gasteiger partial charge in [0.2, 0.25) is 0 Å². The van der Waals surface area contributed by atoms with Crippen LogP contribution in [0.15, 0.2) is 48.0 Å². The molecule has 0 aromatic heterocycles. The predicted octanol–water partition coefficient (Wildman–Crippen LogP) is 3.66. The van der Waals surface area contributed by atoms with Gasteiger partial charge in [-0.15, -0.1) is 0 Å². The number of ether oxygens (including phenoxy) is 1. The summed E-state index contributed by atoms with van der Waals surface area (Å²) in [6.07, 6.45) is 1.47. The molecule has 1 N–H and O–H groups in total. The van der Waals surface area contributed by atoms with E-state index < -0.39 is 17.8 Å². The first-order chi connectivity index (χ1) is 12.9. The molecule has 0 atom stereocenters. The lowest BCUT2D eigenvalue weighted by molar-refractivity contribution is -0.122. The number of carbonyl (C=O) groups excluding carboxylic acids is 3. The molecular weight excluding hydrogens is 459 g/mol. The lowest BCUT2D eigenvalue weighted by Gasteiger charge is -2.26. The summed E-state index contributed by atoms with van der Waals surface area (Å²) < 4.78 is 6.41. The molecule has 1 saturated heterocycles. The number of rotatable bonds is 4. The maximum absolute atomic E-state index is 12.9. The van der Waals surface area contributed by atoms with Crippen LogP contribution in [0.25, 0.3) is 6.08 Å². The number of hydrogen-bond donors (Lipinski definition) is 1. The Hall–Kier alpha value is -2.68. The highest BCUT2D eigenvalue weighted by atomic mass is 127. The van der Waals surface area contributed by atoms with Crippen molar-refractivity contribution >= 4 is 52.2 Å². The third-order valence-electron chi connectivity index (χ3n) is 3.91. The second-order valence-corrected chi connectivity index (χ2v) is 7.19. The number of carbonyl (C=O) groups is 3. The van der Waals surface area contributed by atoms with Crippen molar-refractivity contribution in [2.75, 3.05) is 11.5 Å². The molecule has 7 heteroatoms. The van der Waals surface area contributed by atoms with Crippen LogP contribution in [-0.2, 0) is 9.59 Å². The zero-order valence-electron chi connectivity index (χ0n) is 14.8. The first-order valence-electron chi connectivity index (χ1n) is 8.30. The van der Waals surface area contributed by atoms with Crippen LogP contribution < -0.4 is 15.0 Å². The summed E-state index contributed by atoms with van der Waals surface area (Å²) in [4.78, 5) is 38.3. The second-order valence-electron chi connectivity index (χ2n) is 5.95. The molecule has 0 radical (unpaired) electrons. The van der Waals surface area contributed by atoms with Crippen LogP contribution in [0.2, 0.25) is 0 Å². The van der Waals surface area contributed by atoms with Gasteiger partial charge in [-0.3, -0.25) is 14.9 Å². The fourth-order valence-corrected chi connectivity index (χ4v) is 3.34. The van der Waals surface area contributed by atoms with Crippen molar-refractivity contribution in [2.45, 2.75) is 13.8 Å². The Morgan fingerprint density at radius 3 is 2.48 bits per heavy atom. The summed E-state index contributed by atoms with van der Waals surface area (Å²) in [5.41, 5.74) is 1.93. The number of nitrogens with zero attached hydrogens (tertiary/aromatic N) is 1. The Labute approximate surface area is 170 Å². The smallest absolute Gasteiger partial charge is 0.335 e. The van der Waals surface area contributed by atoms with Crippen molar-refractivity contribution < 1.29 is 19.1 Å². The molecular formula is C20H17IN2O4. The van der Waals surface area contributed by atoms with E-state index in [1.54, 1.807) is 30.3 Å². The van der Waals surface area contributed by atoms with Crippen LogP contribution in [0.3, 0.4) is 0 Å². The van der Waals surface area contributed by atoms with Gasteiger partial charge in [-0.2, -0.15) is 0 Å². The molecule has 0 spiro atoms. The zero-order chi connectivity index (χ0) is 19.6. The van der Waals surface area contributed by atoms with Gasteiger partial charge in [0.1, 0.15) is 11.3 Å². The highest BCUT2D eigenvalue weighted by Gasteiger charge is 2.36. The Kier molecular flexibility index (Phi) is 5.59. The number of amides is 4. The molecule has 0 saturated carbocycles. The van der Waals surface area contributed by atoms with Crippen molar-refractivity contribution in [3.8, 4) is 5.75 Å². The van der Waals surface area contributed by atoms with E-state index in [0.717, 1.165) is 14.0 Å². The van der Waals surface area contributed by atoms with E-state index in [2.05, 4.69) is 27.9 Å². The fourth-order valence-electron chi connectivity index (χ4n) is 2.67. The summed E-state index contributed by atoms with van der Waals surface area (Å²) >= 11 is 2.14. The predicted molar refractivity (Wildman–Crippen MR) is 111 cm³/mol. The largest absolute Gasteiger partial charge is 0.494 e. The van der Waals surface area contributed by atoms with Gasteiger partial charge in [0.15, 0.2) is 0 Å². The number of hydrogen-bond acceptors (Lipinski definition) is 4. The average molecular weight is 476 g/mol. The SMILES string of the molecule is CCOc1cc(I)cc(/C=C2\C(=O)NC(=O)N(c3ccc(C)cc3)C2=O)c1. The fraction of sp³-hybridized carbons (Fsp3) is 0.150. The van der Waals surface area contributed by atoms with Gasteiger partial charge in [0.25, 0.3) is 11.8 Å². The van der Waals surface area contributed by atoms with Crippen molar-refractivity contribution in [3.63, 3.8) is 0 Å². The van der Waals surface area contributed by atoms with Crippen LogP contribution in [-0.4, -0.2) is 24.5 Å². The molecule has 2 aromatic rings. The maximum Gasteiger partial charge on any atom is 0.335 e. The number of imide groups is 2. The minimum absolute atomic E-state index is 0.111. The van der Waals surface area contributed by atoms with Crippen molar-refractivity contribution in [2.24, 2.45) is 0 Å². The van der Waals surface area contributed by atoms with E-state index in [1.165, 1.54) is 6.08 Å². The molecule has 2 aromatic carbocycles. The van der Waals surface area contributed by atoms with Crippen molar-refractivity contribution in [3.05, 3.63) is 62.7 Å². The van der Waals surface area contributed by atoms with Gasteiger partial charge >= 0.3 is 6.03 Å². The molecule has 0 aliphatic carbocycles. The maximum atomic E-state index is 12.9. The van der Waals surface area contributed by atoms with E-state index in [0.29, 0.717) is 23.6 Å². The number of anilines is 1. The molecule has 4 amide bonds. The summed E-state index contributed by atoms with van der Waals surface area (Å²) in [6, 6.07) is 11.6. The van der Waals surface area contributed by atoms with Crippen LogP contribution in [0.5, 0.6) is 5.75 Å². The number of barbiturate groups is 1. The Morgan fingerprint density at radius 2 is 1.81 bits per heavy atom. The molecule has 1 aliphatic rings. The van der Waals surface area contributed by atoms with E-state index in [-0.39, 0.29) is 5.57 Å². The van der Waals surface area contributed by atoms with Crippen molar-refractivity contribution in [1.29, 1.82) is 0 Å². The molecule has 1 heterocycles. The summed E-state index contributed by atoms with van der Waals surface area (Å²) in [5, 5.41) is 2.22. The molecule has 0 bridgehead atoms. The number of benzene rings is 2. The molecule has 1 fully saturated rings. The van der Waals surface area contributed by atoms with Crippen LogP contribution >= 0.6 is 22.6 Å². The Morgan fingerprint density at radius 1 is 1.11 bits per heavy atom. The lowest BCUT2D eigenvalue weighted by atomic mass is 10.1. The normalized spacial score (nSPS) is 15.9. The topological polar surface area (TPSA) is 75.7 Å². The minimum atomic E-state index is -0.761. The van der Waals surface area contributed by atoms with Gasteiger partial charge in [0.05, 0.1) is 12.3 Å². The molecule has 1 aliphatic heterocycles. The molecule has 3 rings (SSSR count). The van der Waals surface area contributed by atoms with Gasteiger partial charge in [-0.25, -0.2) is 9.69 Å². The van der Waals surface area contributed by atoms with E-state index in [4.69, 9.17) is 4.74 Å². The standard InChI is InChI=1S/C20H17IN2O4/c1-3-27-16-9-13(8-14(21)11-16)10-17-18(24)22-20(26)23(19(17)25)15-6-4-12(2)5-7-15/h4-11H,3H2,1-2H3,(H,22,24,26)/b17-10+. The van der Waals surface area contributed by atoms with Gasteiger partial charge in [0, 0.05) is 3.57 Å². The summed E-state index contributed by atoms with van der Waals surface area (Å²) in [6.45, 7) is 4.29. The van der Waals surface area contributed by atoms with E-state index in [9.17, 15) is 14.4 Å². The van der Waals surface area contributed by atoms with Gasteiger partial charge in [-0.1, -0.05) is 17.7 Å². The van der Waals surface area contributed by atoms with E-state index >= 15 is 0 Å². The second kappa shape index (κ2) is 7.91. The summed E-state index contributed by atoms with van der Waals surface area (Å²) in [7, 11) is 0. The molecule has 6 nitrogen and oxygen atoms in total. The van der Waals surface area contributed by atoms with Crippen LogP contribution in [0.4, 0.5) is 10.5 Å². The highest BCUT2D eigenvalue weighted by molar-refractivity contribution is 14.1. The number of urea groups is 1. The number of aryl methyl sites for hydroxylation is 1. The third kappa shape index (κ3) is 4.19. The first kappa shape index (κ1) is 19.1. The third-order valence-corrected chi connectivity index (χ3v) is 4.53. The highest BCUT2D eigenvalue weighted by Crippen LogP contribution is 2.25. The number of nitrogens with one attached hydrogen (secondary N) is 1. The minimum Gasteiger partial charge on any atom is -0.494 e. The monoisotopic (exact) mass is 476 g/mol. The quantitative estimate of drug-likeness (QED) is 0.415. The van der Waals surface area contributed by atoms with Gasteiger partial charge in [-0.05, 0) is 78.4 Å². The van der Waals surface area contributed by atoms with Crippen LogP contribution in [0.1, 0.15) is 18.1 Å². The first-order valence-corrected chi connectivity index (χ1v) is 9.38. The Bertz CT molecular complexity index is 951. The molecule has 27 heavy (non-hydrogen) atoms.